The summed E-state index contributed by atoms with van der Waals surface area (Å²) >= 11 is 0. The van der Waals surface area contributed by atoms with E-state index < -0.39 is 0 Å². The first-order valence-corrected chi connectivity index (χ1v) is 15.1. The Bertz CT molecular complexity index is 1170. The number of hydrogen-bond acceptors (Lipinski definition) is 0. The predicted molar refractivity (Wildman–Crippen MR) is 164 cm³/mol. The second-order valence-electron chi connectivity index (χ2n) is 14.6. The molecule has 2 aromatic carbocycles. The first-order valence-electron chi connectivity index (χ1n) is 15.1. The van der Waals surface area contributed by atoms with Gasteiger partial charge < -0.3 is 0 Å². The lowest BCUT2D eigenvalue weighted by Gasteiger charge is -2.27. The summed E-state index contributed by atoms with van der Waals surface area (Å²) in [5.74, 6) is 3.99. The van der Waals surface area contributed by atoms with Crippen LogP contribution in [0.3, 0.4) is 0 Å². The molecule has 4 aliphatic rings. The standard InChI is InChI=1S/C38H46/c1-37(2,3)31-15-17-33(35(23-31)29-19-25-11-7-8-12-26(25)20-29)34-18-16-32(38(4,5)6)24-36(34)30-21-27-13-9-10-14-28(27)22-30/h7-18,23-30H,19-22H2,1-6H3. The second-order valence-corrected chi connectivity index (χ2v) is 14.6. The van der Waals surface area contributed by atoms with Crippen molar-refractivity contribution in [1.82, 2.24) is 0 Å². The third-order valence-corrected chi connectivity index (χ3v) is 9.99. The Hall–Kier alpha value is -2.60. The summed E-state index contributed by atoms with van der Waals surface area (Å²) in [6.07, 6.45) is 24.0. The van der Waals surface area contributed by atoms with Gasteiger partial charge >= 0.3 is 0 Å². The number of fused-ring (bicyclic) bond motifs is 2. The molecule has 2 aromatic rings. The zero-order chi connectivity index (χ0) is 26.7. The highest BCUT2D eigenvalue weighted by molar-refractivity contribution is 5.74. The van der Waals surface area contributed by atoms with Crippen LogP contribution < -0.4 is 0 Å². The lowest BCUT2D eigenvalue weighted by Crippen LogP contribution is -2.14. The molecule has 0 bridgehead atoms. The van der Waals surface area contributed by atoms with Crippen molar-refractivity contribution in [1.29, 1.82) is 0 Å². The van der Waals surface area contributed by atoms with E-state index in [1.54, 1.807) is 11.1 Å². The average molecular weight is 503 g/mol. The molecule has 0 saturated heterocycles. The van der Waals surface area contributed by atoms with E-state index in [1.807, 2.05) is 0 Å². The van der Waals surface area contributed by atoms with Gasteiger partial charge in [0.05, 0.1) is 0 Å². The third kappa shape index (κ3) is 4.81. The number of benzene rings is 2. The highest BCUT2D eigenvalue weighted by Gasteiger charge is 2.37. The van der Waals surface area contributed by atoms with Gasteiger partial charge in [0.1, 0.15) is 0 Å². The summed E-state index contributed by atoms with van der Waals surface area (Å²) in [5.41, 5.74) is 9.40. The van der Waals surface area contributed by atoms with Crippen LogP contribution >= 0.6 is 0 Å². The van der Waals surface area contributed by atoms with Gasteiger partial charge in [-0.1, -0.05) is 127 Å². The molecule has 198 valence electrons. The fraction of sp³-hybridized carbons (Fsp3) is 0.474. The van der Waals surface area contributed by atoms with Gasteiger partial charge in [-0.2, -0.15) is 0 Å². The van der Waals surface area contributed by atoms with E-state index in [0.717, 1.165) is 0 Å². The molecular weight excluding hydrogens is 456 g/mol. The summed E-state index contributed by atoms with van der Waals surface area (Å²) in [4.78, 5) is 0. The monoisotopic (exact) mass is 502 g/mol. The van der Waals surface area contributed by atoms with Crippen molar-refractivity contribution in [2.24, 2.45) is 23.7 Å². The highest BCUT2D eigenvalue weighted by Crippen LogP contribution is 2.51. The Morgan fingerprint density at radius 3 is 1.08 bits per heavy atom. The van der Waals surface area contributed by atoms with Gasteiger partial charge in [0.2, 0.25) is 0 Å². The zero-order valence-electron chi connectivity index (χ0n) is 24.4. The van der Waals surface area contributed by atoms with Crippen molar-refractivity contribution in [2.45, 2.75) is 89.9 Å². The maximum absolute atomic E-state index is 2.59. The normalized spacial score (nSPS) is 30.1. The van der Waals surface area contributed by atoms with Gasteiger partial charge in [0.25, 0.3) is 0 Å². The summed E-state index contributed by atoms with van der Waals surface area (Å²) in [7, 11) is 0. The quantitative estimate of drug-likeness (QED) is 0.391. The van der Waals surface area contributed by atoms with Crippen molar-refractivity contribution in [3.63, 3.8) is 0 Å². The van der Waals surface area contributed by atoms with Gasteiger partial charge in [-0.05, 0) is 105 Å². The van der Waals surface area contributed by atoms with Crippen LogP contribution in [-0.2, 0) is 10.8 Å². The van der Waals surface area contributed by atoms with Crippen LogP contribution in [0, 0.1) is 23.7 Å². The SMILES string of the molecule is CC(C)(C)c1ccc(-c2ccc(C(C)(C)C)cc2C2CC3C=CC=CC3C2)c(C2CC3C=CC=CC3C2)c1. The van der Waals surface area contributed by atoms with Crippen LogP contribution in [0.5, 0.6) is 0 Å². The second kappa shape index (κ2) is 9.55. The fourth-order valence-electron chi connectivity index (χ4n) is 7.65. The van der Waals surface area contributed by atoms with Crippen LogP contribution in [-0.4, -0.2) is 0 Å². The molecule has 0 spiro atoms. The van der Waals surface area contributed by atoms with Crippen LogP contribution in [0.1, 0.15) is 101 Å². The molecule has 38 heavy (non-hydrogen) atoms. The van der Waals surface area contributed by atoms with Gasteiger partial charge in [-0.25, -0.2) is 0 Å². The summed E-state index contributed by atoms with van der Waals surface area (Å²) in [6, 6.07) is 15.0. The minimum atomic E-state index is 0.150. The number of hydrogen-bond donors (Lipinski definition) is 0. The van der Waals surface area contributed by atoms with Gasteiger partial charge in [0, 0.05) is 0 Å². The van der Waals surface area contributed by atoms with E-state index >= 15 is 0 Å². The van der Waals surface area contributed by atoms with Crippen LogP contribution in [0.2, 0.25) is 0 Å². The van der Waals surface area contributed by atoms with E-state index in [1.165, 1.54) is 47.9 Å². The van der Waals surface area contributed by atoms with Gasteiger partial charge in [-0.3, -0.25) is 0 Å². The molecule has 0 N–H and O–H groups in total. The van der Waals surface area contributed by atoms with Crippen molar-refractivity contribution >= 4 is 0 Å². The molecule has 4 atom stereocenters. The molecule has 4 aliphatic carbocycles. The van der Waals surface area contributed by atoms with Gasteiger partial charge in [0.15, 0.2) is 0 Å². The Morgan fingerprint density at radius 2 is 0.789 bits per heavy atom. The van der Waals surface area contributed by atoms with Crippen LogP contribution in [0.25, 0.3) is 11.1 Å². The minimum absolute atomic E-state index is 0.150. The lowest BCUT2D eigenvalue weighted by atomic mass is 9.77. The zero-order valence-corrected chi connectivity index (χ0v) is 24.4. The van der Waals surface area contributed by atoms with E-state index in [9.17, 15) is 0 Å². The van der Waals surface area contributed by atoms with E-state index in [0.29, 0.717) is 35.5 Å². The highest BCUT2D eigenvalue weighted by atomic mass is 14.4. The largest absolute Gasteiger partial charge is 0.0808 e. The maximum Gasteiger partial charge on any atom is -0.0132 e. The molecule has 0 heteroatoms. The predicted octanol–water partition coefficient (Wildman–Crippen LogP) is 10.4. The minimum Gasteiger partial charge on any atom is -0.0808 e. The average Bonchev–Trinajstić information content (AvgIpc) is 3.51. The number of rotatable bonds is 3. The molecular formula is C38H46. The Balaban J connectivity index is 1.48. The Morgan fingerprint density at radius 1 is 0.474 bits per heavy atom. The summed E-state index contributed by atoms with van der Waals surface area (Å²) < 4.78 is 0. The molecule has 0 aromatic heterocycles. The molecule has 4 unspecified atom stereocenters. The molecule has 2 fully saturated rings. The van der Waals surface area contributed by atoms with Crippen molar-refractivity contribution in [3.05, 3.63) is 107 Å². The maximum atomic E-state index is 2.59. The molecule has 0 heterocycles. The lowest BCUT2D eigenvalue weighted by molar-refractivity contribution is 0.552. The van der Waals surface area contributed by atoms with E-state index in [2.05, 4.69) is 127 Å². The molecule has 0 aliphatic heterocycles. The first-order chi connectivity index (χ1) is 18.1. The van der Waals surface area contributed by atoms with E-state index in [-0.39, 0.29) is 10.8 Å². The molecule has 0 radical (unpaired) electrons. The topological polar surface area (TPSA) is 0 Å². The van der Waals surface area contributed by atoms with Crippen molar-refractivity contribution in [2.75, 3.05) is 0 Å². The Labute approximate surface area is 231 Å². The Kier molecular flexibility index (Phi) is 6.45. The fourth-order valence-corrected chi connectivity index (χ4v) is 7.65. The summed E-state index contributed by atoms with van der Waals surface area (Å²) in [5, 5.41) is 0. The third-order valence-electron chi connectivity index (χ3n) is 9.99. The summed E-state index contributed by atoms with van der Waals surface area (Å²) in [6.45, 7) is 14.1. The molecule has 0 amide bonds. The van der Waals surface area contributed by atoms with Gasteiger partial charge in [-0.15, -0.1) is 0 Å². The van der Waals surface area contributed by atoms with Crippen LogP contribution in [0.4, 0.5) is 0 Å². The molecule has 0 nitrogen and oxygen atoms in total. The van der Waals surface area contributed by atoms with E-state index in [4.69, 9.17) is 0 Å². The van der Waals surface area contributed by atoms with Crippen molar-refractivity contribution < 1.29 is 0 Å². The smallest absolute Gasteiger partial charge is 0.0132 e. The molecule has 6 rings (SSSR count). The van der Waals surface area contributed by atoms with Crippen LogP contribution in [0.15, 0.2) is 85.0 Å². The first kappa shape index (κ1) is 25.7. The number of allylic oxidation sites excluding steroid dienone is 8. The van der Waals surface area contributed by atoms with Crippen molar-refractivity contribution in [3.8, 4) is 11.1 Å². The molecule has 2 saturated carbocycles.